The Morgan fingerprint density at radius 1 is 1.28 bits per heavy atom. The summed E-state index contributed by atoms with van der Waals surface area (Å²) >= 11 is 3.81. The first-order valence-electron chi connectivity index (χ1n) is 8.78. The van der Waals surface area contributed by atoms with Crippen molar-refractivity contribution in [2.75, 3.05) is 19.0 Å². The van der Waals surface area contributed by atoms with Gasteiger partial charge in [-0.05, 0) is 48.2 Å². The summed E-state index contributed by atoms with van der Waals surface area (Å²) in [5.41, 5.74) is -0.873. The Balaban J connectivity index is 1.75. The number of rotatable bonds is 5. The Hall–Kier alpha value is -2.99. The number of hydrogen-bond acceptors (Lipinski definition) is 6. The summed E-state index contributed by atoms with van der Waals surface area (Å²) in [7, 11) is 1.35. The molecule has 1 heterocycles. The van der Waals surface area contributed by atoms with Crippen LogP contribution in [0.1, 0.15) is 11.1 Å². The number of carbonyl (C=O) groups is 3. The van der Waals surface area contributed by atoms with Gasteiger partial charge in [-0.2, -0.15) is 13.2 Å². The van der Waals surface area contributed by atoms with Crippen LogP contribution in [0.4, 0.5) is 23.7 Å². The third-order valence-corrected chi connectivity index (χ3v) is 5.59. The highest BCUT2D eigenvalue weighted by Crippen LogP contribution is 2.38. The number of phenols is 1. The molecule has 3 rings (SSSR count). The molecule has 0 aromatic heterocycles. The molecule has 0 atom stereocenters. The average molecular weight is 531 g/mol. The average Bonchev–Trinajstić information content (AvgIpc) is 2.97. The zero-order chi connectivity index (χ0) is 23.6. The summed E-state index contributed by atoms with van der Waals surface area (Å²) in [5.74, 6) is -1.73. The number of phenolic OH excluding ortho intramolecular Hbond substituents is 1. The fourth-order valence-electron chi connectivity index (χ4n) is 2.75. The summed E-state index contributed by atoms with van der Waals surface area (Å²) in [6.07, 6.45) is -3.31. The third kappa shape index (κ3) is 5.25. The van der Waals surface area contributed by atoms with E-state index in [1.54, 1.807) is 0 Å². The van der Waals surface area contributed by atoms with Crippen molar-refractivity contribution in [3.63, 3.8) is 0 Å². The molecule has 1 saturated heterocycles. The van der Waals surface area contributed by atoms with Crippen molar-refractivity contribution in [1.82, 2.24) is 4.90 Å². The first-order valence-corrected chi connectivity index (χ1v) is 10.4. The largest absolute Gasteiger partial charge is 0.504 e. The molecule has 0 bridgehead atoms. The van der Waals surface area contributed by atoms with Gasteiger partial charge in [0.1, 0.15) is 6.54 Å². The second-order valence-corrected chi connectivity index (χ2v) is 8.35. The molecule has 168 valence electrons. The number of halogens is 4. The maximum Gasteiger partial charge on any atom is 0.416 e. The molecule has 0 spiro atoms. The lowest BCUT2D eigenvalue weighted by Gasteiger charge is -2.13. The minimum atomic E-state index is -4.58. The van der Waals surface area contributed by atoms with Crippen LogP contribution in [0, 0.1) is 0 Å². The smallest absolute Gasteiger partial charge is 0.416 e. The second kappa shape index (κ2) is 9.25. The molecule has 32 heavy (non-hydrogen) atoms. The molecule has 1 aliphatic heterocycles. The Labute approximate surface area is 192 Å². The summed E-state index contributed by atoms with van der Waals surface area (Å²) in [4.78, 5) is 37.7. The molecule has 0 saturated carbocycles. The van der Waals surface area contributed by atoms with Crippen LogP contribution in [0.2, 0.25) is 0 Å². The number of aromatic hydroxyl groups is 1. The number of benzene rings is 2. The topological polar surface area (TPSA) is 95.9 Å². The number of carbonyl (C=O) groups excluding carboxylic acids is 3. The molecule has 12 heteroatoms. The fourth-order valence-corrected chi connectivity index (χ4v) is 4.04. The number of anilines is 1. The van der Waals surface area contributed by atoms with Gasteiger partial charge in [-0.25, -0.2) is 0 Å². The van der Waals surface area contributed by atoms with Gasteiger partial charge in [-0.3, -0.25) is 19.3 Å². The molecular weight excluding hydrogens is 517 g/mol. The van der Waals surface area contributed by atoms with E-state index in [0.29, 0.717) is 21.1 Å². The molecule has 0 unspecified atom stereocenters. The van der Waals surface area contributed by atoms with E-state index in [9.17, 15) is 32.7 Å². The highest BCUT2D eigenvalue weighted by atomic mass is 79.9. The van der Waals surface area contributed by atoms with E-state index < -0.39 is 35.3 Å². The number of thioether (sulfide) groups is 1. The van der Waals surface area contributed by atoms with Gasteiger partial charge in [0.25, 0.3) is 11.1 Å². The first kappa shape index (κ1) is 23.7. The van der Waals surface area contributed by atoms with Gasteiger partial charge in [0, 0.05) is 15.7 Å². The number of alkyl halides is 3. The third-order valence-electron chi connectivity index (χ3n) is 4.22. The van der Waals surface area contributed by atoms with Gasteiger partial charge < -0.3 is 15.2 Å². The second-order valence-electron chi connectivity index (χ2n) is 6.44. The van der Waals surface area contributed by atoms with Crippen LogP contribution >= 0.6 is 27.7 Å². The van der Waals surface area contributed by atoms with Crippen LogP contribution in [-0.4, -0.2) is 40.7 Å². The van der Waals surface area contributed by atoms with E-state index in [-0.39, 0.29) is 27.7 Å². The predicted octanol–water partition coefficient (Wildman–Crippen LogP) is 4.86. The summed E-state index contributed by atoms with van der Waals surface area (Å²) in [5, 5.41) is 11.7. The predicted molar refractivity (Wildman–Crippen MR) is 115 cm³/mol. The molecule has 3 amide bonds. The van der Waals surface area contributed by atoms with Crippen molar-refractivity contribution in [2.45, 2.75) is 6.18 Å². The lowest BCUT2D eigenvalue weighted by Crippen LogP contribution is -2.36. The minimum Gasteiger partial charge on any atom is -0.504 e. The van der Waals surface area contributed by atoms with Crippen molar-refractivity contribution in [3.05, 3.63) is 56.9 Å². The Bertz CT molecular complexity index is 1140. The Morgan fingerprint density at radius 2 is 2.00 bits per heavy atom. The van der Waals surface area contributed by atoms with Crippen LogP contribution in [0.25, 0.3) is 6.08 Å². The van der Waals surface area contributed by atoms with Crippen LogP contribution in [-0.2, 0) is 15.8 Å². The molecule has 1 aliphatic rings. The summed E-state index contributed by atoms with van der Waals surface area (Å²) in [6.45, 7) is -0.688. The van der Waals surface area contributed by atoms with Gasteiger partial charge in [-0.15, -0.1) is 0 Å². The van der Waals surface area contributed by atoms with Gasteiger partial charge >= 0.3 is 6.18 Å². The summed E-state index contributed by atoms with van der Waals surface area (Å²) < 4.78 is 44.0. The normalized spacial score (nSPS) is 15.4. The van der Waals surface area contributed by atoms with E-state index in [2.05, 4.69) is 21.2 Å². The molecule has 0 aliphatic carbocycles. The van der Waals surface area contributed by atoms with Crippen molar-refractivity contribution >= 4 is 56.5 Å². The number of nitrogens with zero attached hydrogens (tertiary/aromatic N) is 1. The van der Waals surface area contributed by atoms with E-state index in [1.807, 2.05) is 0 Å². The van der Waals surface area contributed by atoms with Gasteiger partial charge in [-0.1, -0.05) is 22.0 Å². The number of nitrogens with one attached hydrogen (secondary N) is 1. The van der Waals surface area contributed by atoms with Crippen LogP contribution in [0.5, 0.6) is 11.5 Å². The Kier molecular flexibility index (Phi) is 6.84. The van der Waals surface area contributed by atoms with Crippen molar-refractivity contribution < 1.29 is 37.4 Å². The molecule has 1 fully saturated rings. The molecular formula is C20H14BrF3N2O5S. The minimum absolute atomic E-state index is 0.0441. The van der Waals surface area contributed by atoms with E-state index >= 15 is 0 Å². The number of ether oxygens (including phenoxy) is 1. The van der Waals surface area contributed by atoms with Crippen molar-refractivity contribution in [2.24, 2.45) is 0 Å². The van der Waals surface area contributed by atoms with Gasteiger partial charge in [0.05, 0.1) is 17.6 Å². The molecule has 7 nitrogen and oxygen atoms in total. The zero-order valence-corrected chi connectivity index (χ0v) is 18.6. The maximum absolute atomic E-state index is 12.8. The fraction of sp³-hybridized carbons (Fsp3) is 0.150. The van der Waals surface area contributed by atoms with E-state index in [0.717, 1.165) is 18.2 Å². The Morgan fingerprint density at radius 3 is 2.66 bits per heavy atom. The van der Waals surface area contributed by atoms with E-state index in [1.165, 1.54) is 31.4 Å². The molecule has 2 aromatic carbocycles. The highest BCUT2D eigenvalue weighted by molar-refractivity contribution is 9.10. The summed E-state index contributed by atoms with van der Waals surface area (Å²) in [6, 6.07) is 6.99. The zero-order valence-electron chi connectivity index (χ0n) is 16.2. The highest BCUT2D eigenvalue weighted by Gasteiger charge is 2.37. The quantitative estimate of drug-likeness (QED) is 0.536. The number of hydrogen-bond donors (Lipinski definition) is 2. The SMILES string of the molecule is COc1cc(Br)cc(/C=C2\SC(=O)N(CC(=O)Nc3cccc(C(F)(F)F)c3)C2=O)c1O. The lowest BCUT2D eigenvalue weighted by atomic mass is 10.1. The van der Waals surface area contributed by atoms with E-state index in [4.69, 9.17) is 4.74 Å². The molecule has 2 N–H and O–H groups in total. The molecule has 0 radical (unpaired) electrons. The number of amides is 3. The van der Waals surface area contributed by atoms with Crippen molar-refractivity contribution in [3.8, 4) is 11.5 Å². The van der Waals surface area contributed by atoms with Crippen molar-refractivity contribution in [1.29, 1.82) is 0 Å². The number of imide groups is 1. The van der Waals surface area contributed by atoms with Crippen LogP contribution < -0.4 is 10.1 Å². The van der Waals surface area contributed by atoms with Gasteiger partial charge in [0.15, 0.2) is 11.5 Å². The molecule has 2 aromatic rings. The maximum atomic E-state index is 12.8. The standard InChI is InChI=1S/C20H14BrF3N2O5S/c1-31-14-8-12(21)5-10(17(14)28)6-15-18(29)26(19(30)32-15)9-16(27)25-13-4-2-3-11(7-13)20(22,23)24/h2-8,28H,9H2,1H3,(H,25,27)/b15-6-. The van der Waals surface area contributed by atoms with Gasteiger partial charge in [0.2, 0.25) is 5.91 Å². The first-order chi connectivity index (χ1) is 15.0. The number of methoxy groups -OCH3 is 1. The van der Waals surface area contributed by atoms with Crippen LogP contribution in [0.3, 0.4) is 0 Å². The monoisotopic (exact) mass is 530 g/mol. The van der Waals surface area contributed by atoms with Crippen LogP contribution in [0.15, 0.2) is 45.8 Å². The lowest BCUT2D eigenvalue weighted by molar-refractivity contribution is -0.137.